The van der Waals surface area contributed by atoms with E-state index in [1.165, 1.54) is 12.8 Å². The van der Waals surface area contributed by atoms with E-state index in [2.05, 4.69) is 31.0 Å². The largest absolute Gasteiger partial charge is 0.370 e. The SMILES string of the molecule is CC1CN(CCNC2CC2)CC(C)(C)O1. The molecule has 0 amide bonds. The second-order valence-corrected chi connectivity index (χ2v) is 5.65. The van der Waals surface area contributed by atoms with Gasteiger partial charge in [-0.2, -0.15) is 0 Å². The lowest BCUT2D eigenvalue weighted by molar-refractivity contribution is -0.128. The van der Waals surface area contributed by atoms with Gasteiger partial charge >= 0.3 is 0 Å². The van der Waals surface area contributed by atoms with Gasteiger partial charge in [-0.1, -0.05) is 0 Å². The summed E-state index contributed by atoms with van der Waals surface area (Å²) in [6.07, 6.45) is 3.13. The van der Waals surface area contributed by atoms with E-state index in [1.54, 1.807) is 0 Å². The Kier molecular flexibility index (Phi) is 3.33. The number of hydrogen-bond acceptors (Lipinski definition) is 3. The normalized spacial score (nSPS) is 31.8. The Balaban J connectivity index is 1.70. The second kappa shape index (κ2) is 4.40. The molecule has 3 heteroatoms. The van der Waals surface area contributed by atoms with Crippen molar-refractivity contribution in [1.29, 1.82) is 0 Å². The van der Waals surface area contributed by atoms with E-state index in [0.29, 0.717) is 6.10 Å². The predicted octanol–water partition coefficient (Wildman–Crippen LogP) is 1.24. The lowest BCUT2D eigenvalue weighted by Crippen LogP contribution is -2.53. The van der Waals surface area contributed by atoms with Crippen LogP contribution >= 0.6 is 0 Å². The van der Waals surface area contributed by atoms with Gasteiger partial charge in [0.25, 0.3) is 0 Å². The Morgan fingerprint density at radius 3 is 2.73 bits per heavy atom. The fourth-order valence-corrected chi connectivity index (χ4v) is 2.47. The van der Waals surface area contributed by atoms with Crippen molar-refractivity contribution < 1.29 is 4.74 Å². The van der Waals surface area contributed by atoms with Crippen molar-refractivity contribution in [2.45, 2.75) is 51.4 Å². The Labute approximate surface area is 93.2 Å². The van der Waals surface area contributed by atoms with Gasteiger partial charge in [0.2, 0.25) is 0 Å². The van der Waals surface area contributed by atoms with Crippen LogP contribution in [-0.2, 0) is 4.74 Å². The van der Waals surface area contributed by atoms with Crippen LogP contribution in [0.25, 0.3) is 0 Å². The number of nitrogens with one attached hydrogen (secondary N) is 1. The van der Waals surface area contributed by atoms with Crippen LogP contribution in [0.5, 0.6) is 0 Å². The van der Waals surface area contributed by atoms with Crippen molar-refractivity contribution in [3.63, 3.8) is 0 Å². The molecule has 2 rings (SSSR count). The molecule has 0 spiro atoms. The molecule has 88 valence electrons. The van der Waals surface area contributed by atoms with Crippen LogP contribution in [0.3, 0.4) is 0 Å². The Morgan fingerprint density at radius 2 is 2.13 bits per heavy atom. The molecule has 1 saturated carbocycles. The van der Waals surface area contributed by atoms with E-state index < -0.39 is 0 Å². The highest BCUT2D eigenvalue weighted by Crippen LogP contribution is 2.21. The fraction of sp³-hybridized carbons (Fsp3) is 1.00. The molecule has 0 aromatic rings. The quantitative estimate of drug-likeness (QED) is 0.759. The van der Waals surface area contributed by atoms with Crippen molar-refractivity contribution in [2.75, 3.05) is 26.2 Å². The van der Waals surface area contributed by atoms with Crippen LogP contribution < -0.4 is 5.32 Å². The first-order valence-electron chi connectivity index (χ1n) is 6.19. The summed E-state index contributed by atoms with van der Waals surface area (Å²) in [5.74, 6) is 0. The summed E-state index contributed by atoms with van der Waals surface area (Å²) >= 11 is 0. The molecule has 0 aromatic heterocycles. The Bertz CT molecular complexity index is 214. The van der Waals surface area contributed by atoms with Gasteiger partial charge in [-0.05, 0) is 33.6 Å². The van der Waals surface area contributed by atoms with Crippen LogP contribution in [0.1, 0.15) is 33.6 Å². The van der Waals surface area contributed by atoms with E-state index in [1.807, 2.05) is 0 Å². The zero-order valence-electron chi connectivity index (χ0n) is 10.3. The number of hydrogen-bond donors (Lipinski definition) is 1. The highest BCUT2D eigenvalue weighted by molar-refractivity contribution is 4.84. The lowest BCUT2D eigenvalue weighted by atomic mass is 10.1. The summed E-state index contributed by atoms with van der Waals surface area (Å²) in [4.78, 5) is 2.52. The number of ether oxygens (including phenoxy) is 1. The zero-order valence-corrected chi connectivity index (χ0v) is 10.3. The standard InChI is InChI=1S/C12H24N2O/c1-10-8-14(9-12(2,3)15-10)7-6-13-11-4-5-11/h10-11,13H,4-9H2,1-3H3. The van der Waals surface area contributed by atoms with Gasteiger partial charge < -0.3 is 10.1 Å². The first-order valence-corrected chi connectivity index (χ1v) is 6.19. The molecule has 1 saturated heterocycles. The molecule has 15 heavy (non-hydrogen) atoms. The first-order chi connectivity index (χ1) is 7.05. The summed E-state index contributed by atoms with van der Waals surface area (Å²) in [5, 5.41) is 3.56. The minimum atomic E-state index is 0.0250. The van der Waals surface area contributed by atoms with Gasteiger partial charge in [0.15, 0.2) is 0 Å². The molecule has 1 N–H and O–H groups in total. The second-order valence-electron chi connectivity index (χ2n) is 5.65. The molecule has 2 fully saturated rings. The maximum atomic E-state index is 5.88. The third kappa shape index (κ3) is 3.74. The molecule has 1 aliphatic carbocycles. The molecular formula is C12H24N2O. The van der Waals surface area contributed by atoms with Gasteiger partial charge in [-0.25, -0.2) is 0 Å². The average Bonchev–Trinajstić information content (AvgIpc) is 2.83. The highest BCUT2D eigenvalue weighted by Gasteiger charge is 2.31. The monoisotopic (exact) mass is 212 g/mol. The molecule has 1 unspecified atom stereocenters. The molecule has 0 radical (unpaired) electrons. The van der Waals surface area contributed by atoms with Crippen molar-refractivity contribution in [2.24, 2.45) is 0 Å². The molecule has 0 bridgehead atoms. The molecular weight excluding hydrogens is 188 g/mol. The zero-order chi connectivity index (χ0) is 10.9. The smallest absolute Gasteiger partial charge is 0.0757 e. The summed E-state index contributed by atoms with van der Waals surface area (Å²) in [7, 11) is 0. The van der Waals surface area contributed by atoms with Gasteiger partial charge in [0, 0.05) is 32.2 Å². The van der Waals surface area contributed by atoms with Gasteiger partial charge in [-0.3, -0.25) is 4.90 Å². The Morgan fingerprint density at radius 1 is 1.40 bits per heavy atom. The van der Waals surface area contributed by atoms with Crippen molar-refractivity contribution in [3.8, 4) is 0 Å². The van der Waals surface area contributed by atoms with Crippen LogP contribution in [0.15, 0.2) is 0 Å². The Hall–Kier alpha value is -0.120. The number of rotatable bonds is 4. The van der Waals surface area contributed by atoms with E-state index >= 15 is 0 Å². The lowest BCUT2D eigenvalue weighted by Gasteiger charge is -2.41. The molecule has 1 atom stereocenters. The summed E-state index contributed by atoms with van der Waals surface area (Å²) < 4.78 is 5.88. The third-order valence-corrected chi connectivity index (χ3v) is 3.08. The van der Waals surface area contributed by atoms with E-state index in [-0.39, 0.29) is 5.60 Å². The van der Waals surface area contributed by atoms with Gasteiger partial charge in [0.1, 0.15) is 0 Å². The van der Waals surface area contributed by atoms with Crippen LogP contribution in [0.4, 0.5) is 0 Å². The van der Waals surface area contributed by atoms with Gasteiger partial charge in [-0.15, -0.1) is 0 Å². The van der Waals surface area contributed by atoms with E-state index in [0.717, 1.165) is 32.2 Å². The van der Waals surface area contributed by atoms with Crippen LogP contribution in [0.2, 0.25) is 0 Å². The molecule has 0 aromatic carbocycles. The maximum Gasteiger partial charge on any atom is 0.0757 e. The van der Waals surface area contributed by atoms with Crippen LogP contribution in [0, 0.1) is 0 Å². The summed E-state index contributed by atoms with van der Waals surface area (Å²) in [6, 6.07) is 0.830. The first kappa shape index (κ1) is 11.4. The van der Waals surface area contributed by atoms with Crippen molar-refractivity contribution >= 4 is 0 Å². The van der Waals surface area contributed by atoms with Crippen molar-refractivity contribution in [1.82, 2.24) is 10.2 Å². The number of nitrogens with zero attached hydrogens (tertiary/aromatic N) is 1. The van der Waals surface area contributed by atoms with Crippen molar-refractivity contribution in [3.05, 3.63) is 0 Å². The minimum Gasteiger partial charge on any atom is -0.370 e. The maximum absolute atomic E-state index is 5.88. The summed E-state index contributed by atoms with van der Waals surface area (Å²) in [6.45, 7) is 11.0. The van der Waals surface area contributed by atoms with E-state index in [9.17, 15) is 0 Å². The topological polar surface area (TPSA) is 24.5 Å². The average molecular weight is 212 g/mol. The van der Waals surface area contributed by atoms with Gasteiger partial charge in [0.05, 0.1) is 11.7 Å². The summed E-state index contributed by atoms with van der Waals surface area (Å²) in [5.41, 5.74) is 0.0250. The highest BCUT2D eigenvalue weighted by atomic mass is 16.5. The van der Waals surface area contributed by atoms with E-state index in [4.69, 9.17) is 4.74 Å². The predicted molar refractivity (Wildman–Crippen MR) is 62.1 cm³/mol. The fourth-order valence-electron chi connectivity index (χ4n) is 2.47. The molecule has 3 nitrogen and oxygen atoms in total. The molecule has 2 aliphatic rings. The minimum absolute atomic E-state index is 0.0250. The molecule has 1 heterocycles. The number of morpholine rings is 1. The molecule has 1 aliphatic heterocycles. The third-order valence-electron chi connectivity index (χ3n) is 3.08. The van der Waals surface area contributed by atoms with Crippen LogP contribution in [-0.4, -0.2) is 48.8 Å².